The SMILES string of the molecule is COc1cc2c(cc1O)CCc1cc(O)c(C(=O)N[C@@H](CO[Si](C)(C)C(C)(C)C)Cc3c[nH]c4ccccc34)cc1-2. The summed E-state index contributed by atoms with van der Waals surface area (Å²) < 4.78 is 11.9. The molecular weight excluding hydrogens is 532 g/mol. The molecule has 0 bridgehead atoms. The Balaban J connectivity index is 1.46. The van der Waals surface area contributed by atoms with Crippen molar-refractivity contribution in [2.75, 3.05) is 13.7 Å². The molecule has 0 aliphatic heterocycles. The molecule has 4 N–H and O–H groups in total. The average Bonchev–Trinajstić information content (AvgIpc) is 3.32. The number of H-pyrrole nitrogens is 1. The minimum absolute atomic E-state index is 0.0297. The number of aryl methyl sites for hydroxylation is 2. The number of benzene rings is 3. The second-order valence-electron chi connectivity index (χ2n) is 12.5. The highest BCUT2D eigenvalue weighted by Crippen LogP contribution is 2.42. The second-order valence-corrected chi connectivity index (χ2v) is 17.3. The molecular formula is C33H40N2O5Si. The zero-order valence-corrected chi connectivity index (χ0v) is 25.7. The van der Waals surface area contributed by atoms with E-state index in [0.29, 0.717) is 25.2 Å². The molecule has 5 rings (SSSR count). The van der Waals surface area contributed by atoms with Crippen molar-refractivity contribution in [3.05, 3.63) is 77.0 Å². The van der Waals surface area contributed by atoms with E-state index < -0.39 is 8.32 Å². The lowest BCUT2D eigenvalue weighted by atomic mass is 9.84. The Kier molecular flexibility index (Phi) is 7.65. The Bertz CT molecular complexity index is 1600. The first-order valence-electron chi connectivity index (χ1n) is 14.1. The number of carbonyl (C=O) groups is 1. The van der Waals surface area contributed by atoms with E-state index in [0.717, 1.165) is 45.1 Å². The maximum absolute atomic E-state index is 13.8. The minimum Gasteiger partial charge on any atom is -0.507 e. The molecule has 216 valence electrons. The number of amides is 1. The molecule has 7 nitrogen and oxygen atoms in total. The van der Waals surface area contributed by atoms with Crippen molar-refractivity contribution in [3.63, 3.8) is 0 Å². The third kappa shape index (κ3) is 5.72. The molecule has 0 spiro atoms. The Labute approximate surface area is 242 Å². The highest BCUT2D eigenvalue weighted by molar-refractivity contribution is 6.74. The van der Waals surface area contributed by atoms with Crippen molar-refractivity contribution >= 4 is 25.1 Å². The van der Waals surface area contributed by atoms with E-state index in [1.807, 2.05) is 24.4 Å². The Morgan fingerprint density at radius 2 is 1.68 bits per heavy atom. The Morgan fingerprint density at radius 1 is 1.02 bits per heavy atom. The van der Waals surface area contributed by atoms with Gasteiger partial charge in [-0.1, -0.05) is 39.0 Å². The van der Waals surface area contributed by atoms with Crippen LogP contribution in [0.3, 0.4) is 0 Å². The van der Waals surface area contributed by atoms with Gasteiger partial charge < -0.3 is 29.7 Å². The summed E-state index contributed by atoms with van der Waals surface area (Å²) >= 11 is 0. The van der Waals surface area contributed by atoms with Gasteiger partial charge in [0.25, 0.3) is 5.91 Å². The number of methoxy groups -OCH3 is 1. The van der Waals surface area contributed by atoms with Crippen molar-refractivity contribution < 1.29 is 24.2 Å². The van der Waals surface area contributed by atoms with Crippen LogP contribution in [0.25, 0.3) is 22.0 Å². The first-order valence-corrected chi connectivity index (χ1v) is 17.0. The molecule has 1 aliphatic rings. The van der Waals surface area contributed by atoms with Crippen LogP contribution < -0.4 is 10.1 Å². The van der Waals surface area contributed by atoms with Gasteiger partial charge in [0, 0.05) is 17.1 Å². The second kappa shape index (κ2) is 10.9. The van der Waals surface area contributed by atoms with Gasteiger partial charge in [0.05, 0.1) is 25.3 Å². The lowest BCUT2D eigenvalue weighted by molar-refractivity contribution is 0.0916. The number of ether oxygens (including phenoxy) is 1. The van der Waals surface area contributed by atoms with E-state index in [-0.39, 0.29) is 34.0 Å². The van der Waals surface area contributed by atoms with E-state index in [1.165, 1.54) is 7.11 Å². The lowest BCUT2D eigenvalue weighted by Crippen LogP contribution is -2.47. The zero-order valence-electron chi connectivity index (χ0n) is 24.7. The molecule has 1 amide bonds. The van der Waals surface area contributed by atoms with Gasteiger partial charge >= 0.3 is 0 Å². The summed E-state index contributed by atoms with van der Waals surface area (Å²) in [6.07, 6.45) is 4.00. The van der Waals surface area contributed by atoms with Crippen molar-refractivity contribution in [2.24, 2.45) is 0 Å². The van der Waals surface area contributed by atoms with E-state index in [2.05, 4.69) is 50.2 Å². The molecule has 3 aromatic carbocycles. The number of aromatic hydroxyl groups is 2. The number of aromatic amines is 1. The number of para-hydroxylation sites is 1. The molecule has 8 heteroatoms. The predicted molar refractivity (Wildman–Crippen MR) is 166 cm³/mol. The van der Waals surface area contributed by atoms with E-state index >= 15 is 0 Å². The first-order chi connectivity index (χ1) is 19.4. The first kappa shape index (κ1) is 28.8. The summed E-state index contributed by atoms with van der Waals surface area (Å²) in [5.41, 5.74) is 6.04. The van der Waals surface area contributed by atoms with Crippen molar-refractivity contribution in [1.29, 1.82) is 0 Å². The van der Waals surface area contributed by atoms with Gasteiger partial charge in [-0.05, 0) is 95.5 Å². The Morgan fingerprint density at radius 3 is 2.37 bits per heavy atom. The van der Waals surface area contributed by atoms with Crippen molar-refractivity contribution in [1.82, 2.24) is 10.3 Å². The normalized spacial score (nSPS) is 13.9. The molecule has 1 atom stereocenters. The third-order valence-corrected chi connectivity index (χ3v) is 13.3. The van der Waals surface area contributed by atoms with Gasteiger partial charge in [-0.15, -0.1) is 0 Å². The summed E-state index contributed by atoms with van der Waals surface area (Å²) in [4.78, 5) is 17.1. The fourth-order valence-corrected chi connectivity index (χ4v) is 6.33. The largest absolute Gasteiger partial charge is 0.507 e. The lowest BCUT2D eigenvalue weighted by Gasteiger charge is -2.37. The van der Waals surface area contributed by atoms with Crippen LogP contribution >= 0.6 is 0 Å². The van der Waals surface area contributed by atoms with Crippen LogP contribution in [0.4, 0.5) is 0 Å². The number of phenolic OH excluding ortho intramolecular Hbond substituents is 2. The zero-order chi connectivity index (χ0) is 29.5. The number of hydrogen-bond donors (Lipinski definition) is 4. The minimum atomic E-state index is -2.08. The molecule has 41 heavy (non-hydrogen) atoms. The van der Waals surface area contributed by atoms with Gasteiger partial charge in [-0.3, -0.25) is 4.79 Å². The van der Waals surface area contributed by atoms with Gasteiger partial charge in [-0.25, -0.2) is 0 Å². The number of hydrogen-bond acceptors (Lipinski definition) is 5. The molecule has 0 saturated carbocycles. The summed E-state index contributed by atoms with van der Waals surface area (Å²) in [7, 11) is -0.563. The van der Waals surface area contributed by atoms with Crippen LogP contribution in [-0.4, -0.2) is 49.2 Å². The van der Waals surface area contributed by atoms with E-state index in [1.54, 1.807) is 24.3 Å². The van der Waals surface area contributed by atoms with Crippen LogP contribution in [0.15, 0.2) is 54.7 Å². The highest BCUT2D eigenvalue weighted by Gasteiger charge is 2.38. The summed E-state index contributed by atoms with van der Waals surface area (Å²) in [6, 6.07) is 14.8. The maximum Gasteiger partial charge on any atom is 0.255 e. The molecule has 4 aromatic rings. The molecule has 1 heterocycles. The molecule has 1 aromatic heterocycles. The maximum atomic E-state index is 13.8. The quantitative estimate of drug-likeness (QED) is 0.176. The summed E-state index contributed by atoms with van der Waals surface area (Å²) in [5.74, 6) is 0.0592. The third-order valence-electron chi connectivity index (χ3n) is 8.75. The monoisotopic (exact) mass is 572 g/mol. The van der Waals surface area contributed by atoms with Crippen molar-refractivity contribution in [2.45, 2.75) is 64.2 Å². The summed E-state index contributed by atoms with van der Waals surface area (Å²) in [5, 5.41) is 25.6. The molecule has 0 radical (unpaired) electrons. The van der Waals surface area contributed by atoms with Crippen LogP contribution in [0.2, 0.25) is 18.1 Å². The molecule has 0 saturated heterocycles. The molecule has 0 fully saturated rings. The van der Waals surface area contributed by atoms with E-state index in [4.69, 9.17) is 9.16 Å². The van der Waals surface area contributed by atoms with Crippen LogP contribution in [-0.2, 0) is 23.7 Å². The average molecular weight is 573 g/mol. The van der Waals surface area contributed by atoms with E-state index in [9.17, 15) is 15.0 Å². The standard InChI is InChI=1S/C33H40N2O5Si/c1-33(2,3)41(5,6)40-19-23(13-22-18-34-28-10-8-7-9-24(22)28)35-32(38)27-16-25-20(14-29(27)36)11-12-21-15-30(37)31(39-4)17-26(21)25/h7-10,14-18,23,34,36-37H,11-13,19H2,1-6H3,(H,35,38)/t23-/m1/s1. The highest BCUT2D eigenvalue weighted by atomic mass is 28.4. The number of nitrogens with one attached hydrogen (secondary N) is 2. The van der Waals surface area contributed by atoms with Crippen molar-refractivity contribution in [3.8, 4) is 28.4 Å². The topological polar surface area (TPSA) is 104 Å². The van der Waals surface area contributed by atoms with Gasteiger partial charge in [0.15, 0.2) is 19.8 Å². The number of rotatable bonds is 8. The fourth-order valence-electron chi connectivity index (χ4n) is 5.28. The Hall–Kier alpha value is -3.75. The van der Waals surface area contributed by atoms with Crippen LogP contribution in [0.1, 0.15) is 47.8 Å². The number of fused-ring (bicyclic) bond motifs is 4. The van der Waals surface area contributed by atoms with Gasteiger partial charge in [0.2, 0.25) is 0 Å². The van der Waals surface area contributed by atoms with Gasteiger partial charge in [0.1, 0.15) is 5.75 Å². The number of phenols is 2. The summed E-state index contributed by atoms with van der Waals surface area (Å²) in [6.45, 7) is 11.4. The fraction of sp³-hybridized carbons (Fsp3) is 0.364. The number of carbonyl (C=O) groups excluding carboxylic acids is 1. The smallest absolute Gasteiger partial charge is 0.255 e. The predicted octanol–water partition coefficient (Wildman–Crippen LogP) is 6.72. The van der Waals surface area contributed by atoms with Crippen LogP contribution in [0.5, 0.6) is 17.2 Å². The molecule has 0 unspecified atom stereocenters. The number of aromatic nitrogens is 1. The van der Waals surface area contributed by atoms with Gasteiger partial charge in [-0.2, -0.15) is 0 Å². The van der Waals surface area contributed by atoms with Crippen LogP contribution in [0, 0.1) is 0 Å². The molecule has 1 aliphatic carbocycles.